The molecule has 2 aromatic carbocycles. The third kappa shape index (κ3) is 3.48. The van der Waals surface area contributed by atoms with E-state index in [0.717, 1.165) is 0 Å². The van der Waals surface area contributed by atoms with Crippen LogP contribution in [0.15, 0.2) is 45.3 Å². The van der Waals surface area contributed by atoms with Crippen molar-refractivity contribution in [3.05, 3.63) is 68.1 Å². The first-order valence-corrected chi connectivity index (χ1v) is 6.98. The zero-order valence-electron chi connectivity index (χ0n) is 9.59. The molecule has 0 amide bonds. The SMILES string of the molecule is O=C(Cc1cc(F)ccc1Br)c1cc(Br)ccc1F. The lowest BCUT2D eigenvalue weighted by Gasteiger charge is -2.06. The molecule has 98 valence electrons. The number of benzene rings is 2. The van der Waals surface area contributed by atoms with Crippen LogP contribution in [0.4, 0.5) is 8.78 Å². The second kappa shape index (κ2) is 5.92. The molecule has 0 radical (unpaired) electrons. The number of hydrogen-bond acceptors (Lipinski definition) is 1. The van der Waals surface area contributed by atoms with Crippen LogP contribution < -0.4 is 0 Å². The van der Waals surface area contributed by atoms with Gasteiger partial charge in [0.05, 0.1) is 5.56 Å². The monoisotopic (exact) mass is 388 g/mol. The quantitative estimate of drug-likeness (QED) is 0.681. The van der Waals surface area contributed by atoms with Crippen molar-refractivity contribution in [3.63, 3.8) is 0 Å². The molecule has 0 saturated heterocycles. The summed E-state index contributed by atoms with van der Waals surface area (Å²) in [5, 5.41) is 0. The van der Waals surface area contributed by atoms with Gasteiger partial charge in [0.2, 0.25) is 0 Å². The van der Waals surface area contributed by atoms with Crippen molar-refractivity contribution in [1.82, 2.24) is 0 Å². The third-order valence-electron chi connectivity index (χ3n) is 2.59. The van der Waals surface area contributed by atoms with Crippen molar-refractivity contribution < 1.29 is 13.6 Å². The van der Waals surface area contributed by atoms with Gasteiger partial charge < -0.3 is 0 Å². The van der Waals surface area contributed by atoms with E-state index in [1.807, 2.05) is 0 Å². The summed E-state index contributed by atoms with van der Waals surface area (Å²) in [4.78, 5) is 12.0. The van der Waals surface area contributed by atoms with E-state index < -0.39 is 17.4 Å². The average Bonchev–Trinajstić information content (AvgIpc) is 2.36. The minimum absolute atomic E-state index is 0.00876. The molecule has 0 bridgehead atoms. The molecule has 0 aliphatic carbocycles. The van der Waals surface area contributed by atoms with Crippen LogP contribution in [-0.2, 0) is 6.42 Å². The van der Waals surface area contributed by atoms with E-state index in [2.05, 4.69) is 31.9 Å². The molecule has 0 aliphatic heterocycles. The van der Waals surface area contributed by atoms with E-state index in [1.165, 1.54) is 36.4 Å². The molecule has 0 aromatic heterocycles. The molecule has 0 saturated carbocycles. The van der Waals surface area contributed by atoms with Crippen LogP contribution in [-0.4, -0.2) is 5.78 Å². The lowest BCUT2D eigenvalue weighted by molar-refractivity contribution is 0.0989. The summed E-state index contributed by atoms with van der Waals surface area (Å²) in [6, 6.07) is 8.23. The highest BCUT2D eigenvalue weighted by Gasteiger charge is 2.14. The second-order valence-corrected chi connectivity index (χ2v) is 5.73. The Bertz CT molecular complexity index is 641. The minimum atomic E-state index is -0.583. The van der Waals surface area contributed by atoms with Gasteiger partial charge in [-0.1, -0.05) is 31.9 Å². The van der Waals surface area contributed by atoms with Crippen LogP contribution in [0.3, 0.4) is 0 Å². The molecular weight excluding hydrogens is 382 g/mol. The number of carbonyl (C=O) groups is 1. The van der Waals surface area contributed by atoms with Crippen molar-refractivity contribution in [1.29, 1.82) is 0 Å². The Morgan fingerprint density at radius 1 is 1.05 bits per heavy atom. The summed E-state index contributed by atoms with van der Waals surface area (Å²) in [5.74, 6) is -1.41. The first kappa shape index (κ1) is 14.3. The lowest BCUT2D eigenvalue weighted by Crippen LogP contribution is -2.07. The fourth-order valence-corrected chi connectivity index (χ4v) is 2.41. The van der Waals surface area contributed by atoms with Crippen molar-refractivity contribution in [2.24, 2.45) is 0 Å². The highest BCUT2D eigenvalue weighted by molar-refractivity contribution is 9.10. The summed E-state index contributed by atoms with van der Waals surface area (Å²) in [6.45, 7) is 0. The molecule has 2 rings (SSSR count). The van der Waals surface area contributed by atoms with E-state index in [1.54, 1.807) is 0 Å². The van der Waals surface area contributed by atoms with Gasteiger partial charge in [-0.2, -0.15) is 0 Å². The number of ketones is 1. The van der Waals surface area contributed by atoms with Gasteiger partial charge >= 0.3 is 0 Å². The molecule has 5 heteroatoms. The van der Waals surface area contributed by atoms with Crippen LogP contribution in [0.25, 0.3) is 0 Å². The van der Waals surface area contributed by atoms with Crippen LogP contribution in [0.1, 0.15) is 15.9 Å². The first-order valence-electron chi connectivity index (χ1n) is 5.39. The highest BCUT2D eigenvalue weighted by Crippen LogP contribution is 2.22. The lowest BCUT2D eigenvalue weighted by atomic mass is 10.0. The normalized spacial score (nSPS) is 10.5. The largest absolute Gasteiger partial charge is 0.294 e. The molecule has 0 fully saturated rings. The predicted octanol–water partition coefficient (Wildman–Crippen LogP) is 4.92. The minimum Gasteiger partial charge on any atom is -0.294 e. The maximum absolute atomic E-state index is 13.6. The molecule has 0 atom stereocenters. The predicted molar refractivity (Wildman–Crippen MR) is 76.2 cm³/mol. The fraction of sp³-hybridized carbons (Fsp3) is 0.0714. The summed E-state index contributed by atoms with van der Waals surface area (Å²) in [6.07, 6.45) is -0.0638. The maximum atomic E-state index is 13.6. The summed E-state index contributed by atoms with van der Waals surface area (Å²) in [7, 11) is 0. The summed E-state index contributed by atoms with van der Waals surface area (Å²) < 4.78 is 27.9. The Hall–Kier alpha value is -1.07. The van der Waals surface area contributed by atoms with Crippen LogP contribution in [0, 0.1) is 11.6 Å². The molecule has 0 unspecified atom stereocenters. The number of rotatable bonds is 3. The number of halogens is 4. The van der Waals surface area contributed by atoms with Crippen LogP contribution in [0.2, 0.25) is 0 Å². The molecule has 2 aromatic rings. The second-order valence-electron chi connectivity index (χ2n) is 3.96. The maximum Gasteiger partial charge on any atom is 0.170 e. The van der Waals surface area contributed by atoms with Gasteiger partial charge in [0.1, 0.15) is 11.6 Å². The Morgan fingerprint density at radius 3 is 2.53 bits per heavy atom. The Balaban J connectivity index is 2.30. The Kier molecular flexibility index (Phi) is 4.47. The number of hydrogen-bond donors (Lipinski definition) is 0. The van der Waals surface area contributed by atoms with Crippen LogP contribution in [0.5, 0.6) is 0 Å². The summed E-state index contributed by atoms with van der Waals surface area (Å²) in [5.41, 5.74) is 0.481. The van der Waals surface area contributed by atoms with Crippen molar-refractivity contribution in [2.45, 2.75) is 6.42 Å². The van der Waals surface area contributed by atoms with E-state index in [-0.39, 0.29) is 12.0 Å². The van der Waals surface area contributed by atoms with Gasteiger partial charge in [-0.15, -0.1) is 0 Å². The molecule has 0 aliphatic rings. The molecule has 0 N–H and O–H groups in total. The van der Waals surface area contributed by atoms with Gasteiger partial charge in [-0.05, 0) is 42.0 Å². The molecule has 0 heterocycles. The van der Waals surface area contributed by atoms with Gasteiger partial charge in [0.25, 0.3) is 0 Å². The highest BCUT2D eigenvalue weighted by atomic mass is 79.9. The zero-order valence-corrected chi connectivity index (χ0v) is 12.8. The van der Waals surface area contributed by atoms with E-state index >= 15 is 0 Å². The summed E-state index contributed by atoms with van der Waals surface area (Å²) >= 11 is 6.43. The Morgan fingerprint density at radius 2 is 1.79 bits per heavy atom. The standard InChI is InChI=1S/C14H8Br2F2O/c15-9-1-4-13(18)11(7-9)14(19)6-8-5-10(17)2-3-12(8)16/h1-5,7H,6H2. The van der Waals surface area contributed by atoms with Crippen LogP contribution >= 0.6 is 31.9 Å². The van der Waals surface area contributed by atoms with E-state index in [9.17, 15) is 13.6 Å². The number of carbonyl (C=O) groups excluding carboxylic acids is 1. The van der Waals surface area contributed by atoms with Crippen molar-refractivity contribution in [2.75, 3.05) is 0 Å². The smallest absolute Gasteiger partial charge is 0.170 e. The molecule has 0 spiro atoms. The fourth-order valence-electron chi connectivity index (χ4n) is 1.66. The Labute approximate surface area is 125 Å². The third-order valence-corrected chi connectivity index (χ3v) is 3.85. The van der Waals surface area contributed by atoms with Gasteiger partial charge in [-0.3, -0.25) is 4.79 Å². The van der Waals surface area contributed by atoms with E-state index in [4.69, 9.17) is 0 Å². The van der Waals surface area contributed by atoms with E-state index in [0.29, 0.717) is 14.5 Å². The van der Waals surface area contributed by atoms with Crippen molar-refractivity contribution >= 4 is 37.6 Å². The molecule has 1 nitrogen and oxygen atoms in total. The van der Waals surface area contributed by atoms with Gasteiger partial charge in [-0.25, -0.2) is 8.78 Å². The topological polar surface area (TPSA) is 17.1 Å². The van der Waals surface area contributed by atoms with Gasteiger partial charge in [0, 0.05) is 15.4 Å². The average molecular weight is 390 g/mol. The number of Topliss-reactive ketones (excluding diaryl/α,β-unsaturated/α-hetero) is 1. The first-order chi connectivity index (χ1) is 8.97. The molecule has 19 heavy (non-hydrogen) atoms. The zero-order chi connectivity index (χ0) is 14.0. The van der Waals surface area contributed by atoms with Gasteiger partial charge in [0.15, 0.2) is 5.78 Å². The van der Waals surface area contributed by atoms with Crippen molar-refractivity contribution in [3.8, 4) is 0 Å². The molecular formula is C14H8Br2F2O.